The maximum Gasteiger partial charge on any atom is 0.338 e. The molecule has 4 heteroatoms. The Kier molecular flexibility index (Phi) is 3.91. The summed E-state index contributed by atoms with van der Waals surface area (Å²) in [4.78, 5) is 11.6. The molecule has 1 saturated heterocycles. The average molecular weight is 222 g/mol. The van der Waals surface area contributed by atoms with Crippen LogP contribution in [-0.4, -0.2) is 38.5 Å². The second kappa shape index (κ2) is 5.63. The van der Waals surface area contributed by atoms with E-state index in [1.54, 1.807) is 24.3 Å². The summed E-state index contributed by atoms with van der Waals surface area (Å²) < 4.78 is 15.7. The van der Waals surface area contributed by atoms with Crippen LogP contribution in [0.2, 0.25) is 0 Å². The molecule has 0 saturated carbocycles. The van der Waals surface area contributed by atoms with E-state index in [0.717, 1.165) is 0 Å². The Hall–Kier alpha value is -1.39. The van der Waals surface area contributed by atoms with Crippen molar-refractivity contribution in [2.24, 2.45) is 0 Å². The molecule has 0 amide bonds. The van der Waals surface area contributed by atoms with Crippen molar-refractivity contribution < 1.29 is 19.0 Å². The number of carbonyl (C=O) groups is 1. The van der Waals surface area contributed by atoms with Crippen LogP contribution in [0.4, 0.5) is 0 Å². The van der Waals surface area contributed by atoms with Gasteiger partial charge in [-0.15, -0.1) is 0 Å². The van der Waals surface area contributed by atoms with Crippen molar-refractivity contribution in [3.8, 4) is 0 Å². The first-order valence-corrected chi connectivity index (χ1v) is 5.28. The molecule has 1 heterocycles. The second-order valence-corrected chi connectivity index (χ2v) is 3.53. The Bertz CT molecular complexity index is 330. The van der Waals surface area contributed by atoms with Gasteiger partial charge in [0, 0.05) is 0 Å². The van der Waals surface area contributed by atoms with Crippen molar-refractivity contribution in [2.75, 3.05) is 26.4 Å². The minimum absolute atomic E-state index is 0.138. The molecule has 0 aromatic heterocycles. The summed E-state index contributed by atoms with van der Waals surface area (Å²) in [6.45, 7) is 1.91. The highest BCUT2D eigenvalue weighted by Gasteiger charge is 2.16. The van der Waals surface area contributed by atoms with Crippen LogP contribution in [0.3, 0.4) is 0 Å². The summed E-state index contributed by atoms with van der Waals surface area (Å²) in [5.41, 5.74) is 0.555. The molecule has 2 rings (SSSR count). The molecule has 1 aromatic carbocycles. The predicted octanol–water partition coefficient (Wildman–Crippen LogP) is 1.26. The van der Waals surface area contributed by atoms with Crippen molar-refractivity contribution in [3.63, 3.8) is 0 Å². The molecule has 0 bridgehead atoms. The second-order valence-electron chi connectivity index (χ2n) is 3.53. The number of ether oxygens (including phenoxy) is 3. The molecule has 0 spiro atoms. The van der Waals surface area contributed by atoms with Gasteiger partial charge >= 0.3 is 5.97 Å². The summed E-state index contributed by atoms with van der Waals surface area (Å²) >= 11 is 0. The number of hydrogen-bond donors (Lipinski definition) is 0. The fourth-order valence-corrected chi connectivity index (χ4v) is 1.46. The van der Waals surface area contributed by atoms with E-state index in [2.05, 4.69) is 0 Å². The third-order valence-electron chi connectivity index (χ3n) is 2.29. The zero-order chi connectivity index (χ0) is 11.2. The lowest BCUT2D eigenvalue weighted by atomic mass is 10.2. The molecule has 1 aliphatic heterocycles. The van der Waals surface area contributed by atoms with Gasteiger partial charge in [0.15, 0.2) is 0 Å². The first-order chi connectivity index (χ1) is 7.86. The molecule has 1 fully saturated rings. The van der Waals surface area contributed by atoms with E-state index in [4.69, 9.17) is 14.2 Å². The molecular weight excluding hydrogens is 208 g/mol. The van der Waals surface area contributed by atoms with Gasteiger partial charge < -0.3 is 14.2 Å². The van der Waals surface area contributed by atoms with E-state index in [1.165, 1.54) is 0 Å². The maximum absolute atomic E-state index is 11.6. The molecule has 1 atom stereocenters. The quantitative estimate of drug-likeness (QED) is 0.722. The normalized spacial score (nSPS) is 20.4. The smallest absolute Gasteiger partial charge is 0.338 e. The molecule has 1 aromatic rings. The van der Waals surface area contributed by atoms with Crippen LogP contribution in [0.1, 0.15) is 10.4 Å². The lowest BCUT2D eigenvalue weighted by Crippen LogP contribution is -2.33. The molecule has 1 aliphatic rings. The molecular formula is C12H14O4. The van der Waals surface area contributed by atoms with Crippen molar-refractivity contribution >= 4 is 5.97 Å². The molecule has 16 heavy (non-hydrogen) atoms. The summed E-state index contributed by atoms with van der Waals surface area (Å²) in [7, 11) is 0. The number of esters is 1. The van der Waals surface area contributed by atoms with Gasteiger partial charge in [-0.25, -0.2) is 4.79 Å². The lowest BCUT2D eigenvalue weighted by Gasteiger charge is -2.22. The fraction of sp³-hybridized carbons (Fsp3) is 0.417. The van der Waals surface area contributed by atoms with E-state index in [1.807, 2.05) is 6.07 Å². The minimum atomic E-state index is -0.324. The van der Waals surface area contributed by atoms with Crippen LogP contribution >= 0.6 is 0 Å². The Morgan fingerprint density at radius 2 is 2.12 bits per heavy atom. The standard InChI is InChI=1S/C12H14O4/c13-12(10-4-2-1-3-5-10)16-9-11-8-14-6-7-15-11/h1-5,11H,6-9H2. The van der Waals surface area contributed by atoms with Crippen LogP contribution in [0, 0.1) is 0 Å². The third kappa shape index (κ3) is 3.05. The van der Waals surface area contributed by atoms with Crippen LogP contribution in [0.5, 0.6) is 0 Å². The monoisotopic (exact) mass is 222 g/mol. The Labute approximate surface area is 94.1 Å². The number of rotatable bonds is 3. The summed E-state index contributed by atoms with van der Waals surface area (Å²) in [6.07, 6.45) is -0.138. The Balaban J connectivity index is 1.79. The van der Waals surface area contributed by atoms with Crippen molar-refractivity contribution in [1.82, 2.24) is 0 Å². The van der Waals surface area contributed by atoms with Gasteiger partial charge in [-0.1, -0.05) is 18.2 Å². The van der Waals surface area contributed by atoms with Gasteiger partial charge in [-0.3, -0.25) is 0 Å². The minimum Gasteiger partial charge on any atom is -0.459 e. The average Bonchev–Trinajstić information content (AvgIpc) is 2.38. The predicted molar refractivity (Wildman–Crippen MR) is 57.3 cm³/mol. The van der Waals surface area contributed by atoms with Gasteiger partial charge in [-0.05, 0) is 12.1 Å². The van der Waals surface area contributed by atoms with Crippen molar-refractivity contribution in [3.05, 3.63) is 35.9 Å². The zero-order valence-corrected chi connectivity index (χ0v) is 8.93. The first-order valence-electron chi connectivity index (χ1n) is 5.28. The summed E-state index contributed by atoms with van der Waals surface area (Å²) in [5.74, 6) is -0.324. The van der Waals surface area contributed by atoms with Crippen LogP contribution in [0.15, 0.2) is 30.3 Å². The Morgan fingerprint density at radius 1 is 1.31 bits per heavy atom. The van der Waals surface area contributed by atoms with E-state index < -0.39 is 0 Å². The van der Waals surface area contributed by atoms with Gasteiger partial charge in [0.05, 0.1) is 25.4 Å². The highest BCUT2D eigenvalue weighted by molar-refractivity contribution is 5.89. The highest BCUT2D eigenvalue weighted by atomic mass is 16.6. The molecule has 0 N–H and O–H groups in total. The molecule has 1 unspecified atom stereocenters. The summed E-state index contributed by atoms with van der Waals surface area (Å²) in [6, 6.07) is 8.91. The number of benzene rings is 1. The number of carbonyl (C=O) groups excluding carboxylic acids is 1. The fourth-order valence-electron chi connectivity index (χ4n) is 1.46. The van der Waals surface area contributed by atoms with Gasteiger partial charge in [-0.2, -0.15) is 0 Å². The van der Waals surface area contributed by atoms with Crippen LogP contribution in [-0.2, 0) is 14.2 Å². The molecule has 4 nitrogen and oxygen atoms in total. The number of hydrogen-bond acceptors (Lipinski definition) is 4. The zero-order valence-electron chi connectivity index (χ0n) is 8.93. The lowest BCUT2D eigenvalue weighted by molar-refractivity contribution is -0.107. The van der Waals surface area contributed by atoms with Crippen molar-refractivity contribution in [1.29, 1.82) is 0 Å². The Morgan fingerprint density at radius 3 is 2.81 bits per heavy atom. The van der Waals surface area contributed by atoms with Crippen molar-refractivity contribution in [2.45, 2.75) is 6.10 Å². The van der Waals surface area contributed by atoms with E-state index in [0.29, 0.717) is 25.4 Å². The molecule has 86 valence electrons. The van der Waals surface area contributed by atoms with Gasteiger partial charge in [0.25, 0.3) is 0 Å². The van der Waals surface area contributed by atoms with Gasteiger partial charge in [0.1, 0.15) is 12.7 Å². The topological polar surface area (TPSA) is 44.8 Å². The molecule has 0 radical (unpaired) electrons. The first kappa shape index (κ1) is 11.1. The van der Waals surface area contributed by atoms with Gasteiger partial charge in [0.2, 0.25) is 0 Å². The third-order valence-corrected chi connectivity index (χ3v) is 2.29. The van der Waals surface area contributed by atoms with E-state index in [9.17, 15) is 4.79 Å². The molecule has 0 aliphatic carbocycles. The highest BCUT2D eigenvalue weighted by Crippen LogP contribution is 2.05. The largest absolute Gasteiger partial charge is 0.459 e. The van der Waals surface area contributed by atoms with E-state index in [-0.39, 0.29) is 18.7 Å². The summed E-state index contributed by atoms with van der Waals surface area (Å²) in [5, 5.41) is 0. The maximum atomic E-state index is 11.6. The van der Waals surface area contributed by atoms with E-state index >= 15 is 0 Å². The van der Waals surface area contributed by atoms with Crippen LogP contribution < -0.4 is 0 Å². The SMILES string of the molecule is O=C(OCC1COCCO1)c1ccccc1. The van der Waals surface area contributed by atoms with Crippen LogP contribution in [0.25, 0.3) is 0 Å².